The van der Waals surface area contributed by atoms with Crippen LogP contribution in [-0.4, -0.2) is 12.1 Å². The first-order valence-corrected chi connectivity index (χ1v) is 7.32. The second-order valence-electron chi connectivity index (χ2n) is 6.75. The lowest BCUT2D eigenvalue weighted by atomic mass is 9.94. The standard InChI is InChI=1S/C17H27N/c1-13(10-11-18-17(2,3)4)15-9-8-14-6-5-7-16(14)12-15/h8-9,12-13,18H,5-7,10-11H2,1-4H3. The number of aryl methyl sites for hydroxylation is 2. The van der Waals surface area contributed by atoms with Crippen molar-refractivity contribution in [1.29, 1.82) is 0 Å². The number of fused-ring (bicyclic) bond motifs is 1. The quantitative estimate of drug-likeness (QED) is 0.843. The van der Waals surface area contributed by atoms with Crippen molar-refractivity contribution in [1.82, 2.24) is 5.32 Å². The average Bonchev–Trinajstić information content (AvgIpc) is 2.73. The molecule has 0 radical (unpaired) electrons. The van der Waals surface area contributed by atoms with Crippen molar-refractivity contribution < 1.29 is 0 Å². The van der Waals surface area contributed by atoms with Gasteiger partial charge in [0.05, 0.1) is 0 Å². The second kappa shape index (κ2) is 5.44. The Morgan fingerprint density at radius 1 is 1.17 bits per heavy atom. The zero-order valence-corrected chi connectivity index (χ0v) is 12.3. The van der Waals surface area contributed by atoms with E-state index < -0.39 is 0 Å². The molecule has 1 N–H and O–H groups in total. The van der Waals surface area contributed by atoms with E-state index in [0.717, 1.165) is 6.54 Å². The lowest BCUT2D eigenvalue weighted by molar-refractivity contribution is 0.413. The third-order valence-electron chi connectivity index (χ3n) is 3.92. The van der Waals surface area contributed by atoms with Crippen molar-refractivity contribution in [2.45, 2.75) is 64.8 Å². The number of hydrogen-bond donors (Lipinski definition) is 1. The summed E-state index contributed by atoms with van der Waals surface area (Å²) >= 11 is 0. The Morgan fingerprint density at radius 3 is 2.61 bits per heavy atom. The van der Waals surface area contributed by atoms with E-state index in [9.17, 15) is 0 Å². The summed E-state index contributed by atoms with van der Waals surface area (Å²) in [5.41, 5.74) is 4.94. The summed E-state index contributed by atoms with van der Waals surface area (Å²) in [7, 11) is 0. The maximum Gasteiger partial charge on any atom is 0.00965 e. The Balaban J connectivity index is 1.91. The van der Waals surface area contributed by atoms with E-state index in [2.05, 4.69) is 51.2 Å². The van der Waals surface area contributed by atoms with Gasteiger partial charge in [-0.15, -0.1) is 0 Å². The summed E-state index contributed by atoms with van der Waals surface area (Å²) in [5, 5.41) is 3.57. The molecular weight excluding hydrogens is 218 g/mol. The predicted molar refractivity (Wildman–Crippen MR) is 79.3 cm³/mol. The second-order valence-corrected chi connectivity index (χ2v) is 6.75. The normalized spacial score (nSPS) is 16.7. The maximum atomic E-state index is 3.57. The summed E-state index contributed by atoms with van der Waals surface area (Å²) in [5.74, 6) is 0.658. The van der Waals surface area contributed by atoms with E-state index in [1.807, 2.05) is 0 Å². The SMILES string of the molecule is CC(CCNC(C)(C)C)c1ccc2c(c1)CCC2. The first kappa shape index (κ1) is 13.6. The zero-order valence-electron chi connectivity index (χ0n) is 12.3. The minimum absolute atomic E-state index is 0.234. The lowest BCUT2D eigenvalue weighted by Crippen LogP contribution is -2.36. The molecule has 100 valence electrons. The minimum Gasteiger partial charge on any atom is -0.312 e. The summed E-state index contributed by atoms with van der Waals surface area (Å²) in [4.78, 5) is 0. The Labute approximate surface area is 112 Å². The number of hydrogen-bond acceptors (Lipinski definition) is 1. The fourth-order valence-electron chi connectivity index (χ4n) is 2.73. The molecule has 1 atom stereocenters. The fourth-order valence-corrected chi connectivity index (χ4v) is 2.73. The van der Waals surface area contributed by atoms with Gasteiger partial charge in [0.2, 0.25) is 0 Å². The summed E-state index contributed by atoms with van der Waals surface area (Å²) in [6.07, 6.45) is 5.14. The van der Waals surface area contributed by atoms with Crippen LogP contribution in [0.4, 0.5) is 0 Å². The number of rotatable bonds is 4. The van der Waals surface area contributed by atoms with Crippen LogP contribution in [0.2, 0.25) is 0 Å². The van der Waals surface area contributed by atoms with Crippen molar-refractivity contribution in [2.24, 2.45) is 0 Å². The Hall–Kier alpha value is -0.820. The van der Waals surface area contributed by atoms with E-state index in [1.54, 1.807) is 11.1 Å². The van der Waals surface area contributed by atoms with Crippen LogP contribution in [0.1, 0.15) is 63.1 Å². The molecule has 0 heterocycles. The van der Waals surface area contributed by atoms with Gasteiger partial charge in [0.25, 0.3) is 0 Å². The molecule has 0 spiro atoms. The minimum atomic E-state index is 0.234. The molecule has 18 heavy (non-hydrogen) atoms. The van der Waals surface area contributed by atoms with Crippen molar-refractivity contribution in [2.75, 3.05) is 6.54 Å². The highest BCUT2D eigenvalue weighted by molar-refractivity contribution is 5.36. The van der Waals surface area contributed by atoms with Gasteiger partial charge in [-0.25, -0.2) is 0 Å². The van der Waals surface area contributed by atoms with Crippen LogP contribution in [-0.2, 0) is 12.8 Å². The molecule has 1 aromatic rings. The van der Waals surface area contributed by atoms with E-state index >= 15 is 0 Å². The molecule has 1 aliphatic rings. The van der Waals surface area contributed by atoms with Gasteiger partial charge in [-0.05, 0) is 75.6 Å². The van der Waals surface area contributed by atoms with Crippen LogP contribution < -0.4 is 5.32 Å². The molecular formula is C17H27N. The molecule has 1 unspecified atom stereocenters. The smallest absolute Gasteiger partial charge is 0.00965 e. The van der Waals surface area contributed by atoms with E-state index in [1.165, 1.54) is 31.2 Å². The number of benzene rings is 1. The Morgan fingerprint density at radius 2 is 1.89 bits per heavy atom. The van der Waals surface area contributed by atoms with Gasteiger partial charge < -0.3 is 5.32 Å². The van der Waals surface area contributed by atoms with Crippen LogP contribution in [0.5, 0.6) is 0 Å². The highest BCUT2D eigenvalue weighted by Gasteiger charge is 2.14. The van der Waals surface area contributed by atoms with Crippen LogP contribution in [0, 0.1) is 0 Å². The molecule has 0 saturated heterocycles. The molecule has 1 aliphatic carbocycles. The predicted octanol–water partition coefficient (Wildman–Crippen LogP) is 4.06. The number of nitrogens with one attached hydrogen (secondary N) is 1. The molecule has 0 amide bonds. The summed E-state index contributed by atoms with van der Waals surface area (Å²) in [6, 6.07) is 7.14. The van der Waals surface area contributed by atoms with Crippen LogP contribution >= 0.6 is 0 Å². The average molecular weight is 245 g/mol. The Kier molecular flexibility index (Phi) is 4.11. The molecule has 0 saturated carbocycles. The zero-order chi connectivity index (χ0) is 13.2. The Bertz CT molecular complexity index is 401. The third kappa shape index (κ3) is 3.58. The van der Waals surface area contributed by atoms with Crippen LogP contribution in [0.3, 0.4) is 0 Å². The van der Waals surface area contributed by atoms with Crippen molar-refractivity contribution in [3.05, 3.63) is 34.9 Å². The van der Waals surface area contributed by atoms with Gasteiger partial charge in [0.15, 0.2) is 0 Å². The molecule has 0 fully saturated rings. The summed E-state index contributed by atoms with van der Waals surface area (Å²) < 4.78 is 0. The van der Waals surface area contributed by atoms with E-state index in [4.69, 9.17) is 0 Å². The van der Waals surface area contributed by atoms with E-state index in [-0.39, 0.29) is 5.54 Å². The van der Waals surface area contributed by atoms with Gasteiger partial charge in [-0.3, -0.25) is 0 Å². The van der Waals surface area contributed by atoms with Gasteiger partial charge in [0, 0.05) is 5.54 Å². The van der Waals surface area contributed by atoms with Crippen molar-refractivity contribution in [3.63, 3.8) is 0 Å². The molecule has 0 aliphatic heterocycles. The van der Waals surface area contributed by atoms with Crippen molar-refractivity contribution >= 4 is 0 Å². The van der Waals surface area contributed by atoms with Gasteiger partial charge in [-0.1, -0.05) is 25.1 Å². The van der Waals surface area contributed by atoms with Gasteiger partial charge >= 0.3 is 0 Å². The van der Waals surface area contributed by atoms with Crippen molar-refractivity contribution in [3.8, 4) is 0 Å². The highest BCUT2D eigenvalue weighted by Crippen LogP contribution is 2.27. The van der Waals surface area contributed by atoms with Crippen LogP contribution in [0.15, 0.2) is 18.2 Å². The molecule has 0 bridgehead atoms. The first-order chi connectivity index (χ1) is 8.46. The molecule has 1 heteroatoms. The lowest BCUT2D eigenvalue weighted by Gasteiger charge is -2.22. The van der Waals surface area contributed by atoms with Gasteiger partial charge in [-0.2, -0.15) is 0 Å². The molecule has 0 aromatic heterocycles. The molecule has 2 rings (SSSR count). The molecule has 1 aromatic carbocycles. The monoisotopic (exact) mass is 245 g/mol. The van der Waals surface area contributed by atoms with E-state index in [0.29, 0.717) is 5.92 Å². The largest absolute Gasteiger partial charge is 0.312 e. The van der Waals surface area contributed by atoms with Crippen LogP contribution in [0.25, 0.3) is 0 Å². The summed E-state index contributed by atoms with van der Waals surface area (Å²) in [6.45, 7) is 10.1. The first-order valence-electron chi connectivity index (χ1n) is 7.32. The maximum absolute atomic E-state index is 3.57. The highest BCUT2D eigenvalue weighted by atomic mass is 14.9. The van der Waals surface area contributed by atoms with Gasteiger partial charge in [0.1, 0.15) is 0 Å². The fraction of sp³-hybridized carbons (Fsp3) is 0.647. The topological polar surface area (TPSA) is 12.0 Å². The third-order valence-corrected chi connectivity index (χ3v) is 3.92. The molecule has 1 nitrogen and oxygen atoms in total.